The second-order valence-corrected chi connectivity index (χ2v) is 21.7. The van der Waals surface area contributed by atoms with Crippen molar-refractivity contribution in [2.75, 3.05) is 52.1 Å². The number of fused-ring (bicyclic) bond motifs is 1. The van der Waals surface area contributed by atoms with Gasteiger partial charge in [0, 0.05) is 29.4 Å². The van der Waals surface area contributed by atoms with Gasteiger partial charge in [-0.3, -0.25) is 22.8 Å². The summed E-state index contributed by atoms with van der Waals surface area (Å²) < 4.78 is 200. The number of aromatic nitrogens is 3. The van der Waals surface area contributed by atoms with E-state index >= 15 is 0 Å². The van der Waals surface area contributed by atoms with Crippen LogP contribution in [0.2, 0.25) is 0 Å². The van der Waals surface area contributed by atoms with Gasteiger partial charge in [0.25, 0.3) is 40.5 Å². The summed E-state index contributed by atoms with van der Waals surface area (Å²) in [6.07, 6.45) is -1.53. The molecule has 0 saturated heterocycles. The van der Waals surface area contributed by atoms with Crippen molar-refractivity contribution in [3.8, 4) is 5.75 Å². The van der Waals surface area contributed by atoms with Crippen LogP contribution in [0.15, 0.2) is 80.2 Å². The van der Waals surface area contributed by atoms with E-state index in [0.717, 1.165) is 42.5 Å². The minimum atomic E-state index is -4.85. The van der Waals surface area contributed by atoms with E-state index in [2.05, 4.69) is 24.5 Å². The molecule has 0 amide bonds. The van der Waals surface area contributed by atoms with Gasteiger partial charge in [0.1, 0.15) is 15.5 Å². The van der Waals surface area contributed by atoms with E-state index in [9.17, 15) is 69.1 Å². The number of rotatable bonds is 16. The molecule has 0 unspecified atom stereocenters. The van der Waals surface area contributed by atoms with Crippen molar-refractivity contribution in [2.45, 2.75) is 26.0 Å². The van der Waals surface area contributed by atoms with E-state index in [4.69, 9.17) is 30.9 Å². The highest BCUT2D eigenvalue weighted by Crippen LogP contribution is 2.39. The van der Waals surface area contributed by atoms with E-state index in [1.54, 1.807) is 0 Å². The zero-order valence-electron chi connectivity index (χ0n) is 31.6. The summed E-state index contributed by atoms with van der Waals surface area (Å²) in [5.41, 5.74) is 15.6. The fourth-order valence-corrected chi connectivity index (χ4v) is 9.14. The molecule has 5 aromatic rings. The Morgan fingerprint density at radius 1 is 0.656 bits per heavy atom. The lowest BCUT2D eigenvalue weighted by molar-refractivity contribution is 0.284. The molecule has 0 saturated carbocycles. The molecule has 27 nitrogen and oxygen atoms in total. The number of hydrogen-bond donors (Lipinski definition) is 10. The molecule has 0 aliphatic carbocycles. The summed E-state index contributed by atoms with van der Waals surface area (Å²) in [6.45, 7) is -1.10. The predicted molar refractivity (Wildman–Crippen MR) is 222 cm³/mol. The van der Waals surface area contributed by atoms with Gasteiger partial charge < -0.3 is 32.5 Å². The van der Waals surface area contributed by atoms with Crippen molar-refractivity contribution in [2.24, 2.45) is 0 Å². The number of nitrogens with one attached hydrogen (secondary N) is 1. The van der Waals surface area contributed by atoms with Gasteiger partial charge in [0.2, 0.25) is 11.9 Å². The highest BCUT2D eigenvalue weighted by molar-refractivity contribution is 7.91. The Hall–Kier alpha value is -5.66. The monoisotopic (exact) mass is 1020 g/mol. The van der Waals surface area contributed by atoms with Crippen LogP contribution >= 0.6 is 0 Å². The molecule has 1 aromatic heterocycles. The number of nitrogens with two attached hydrogens (primary N) is 3. The number of anilines is 7. The Labute approximate surface area is 362 Å². The van der Waals surface area contributed by atoms with E-state index in [1.165, 1.54) is 23.1 Å². The zero-order chi connectivity index (χ0) is 48.4. The van der Waals surface area contributed by atoms with E-state index in [-0.39, 0.29) is 46.5 Å². The Bertz CT molecular complexity index is 3310. The third-order valence-electron chi connectivity index (χ3n) is 8.10. The van der Waals surface area contributed by atoms with Crippen LogP contribution in [0.4, 0.5) is 44.7 Å². The lowest BCUT2D eigenvalue weighted by Crippen LogP contribution is -2.25. The molecule has 34 heteroatoms. The smallest absolute Gasteiger partial charge is 0.397 e. The van der Waals surface area contributed by atoms with Gasteiger partial charge in [0.05, 0.1) is 45.0 Å². The normalized spacial score (nSPS) is 12.7. The highest BCUT2D eigenvalue weighted by Gasteiger charge is 2.24. The van der Waals surface area contributed by atoms with Crippen LogP contribution in [0.25, 0.3) is 10.8 Å². The Balaban J connectivity index is 0.000000356. The fraction of sp³-hybridized carbons (Fsp3) is 0.167. The molecular weight excluding hydrogens is 988 g/mol. The summed E-state index contributed by atoms with van der Waals surface area (Å²) >= 11 is 0. The standard InChI is InChI=1S/C20H23FN6O12S4.C10H10N2O7S2/c21-18-24-19(23-13-2-7-16(22)17(12-13)42(33,34)35)26-20(25-18)27(14-3-5-15(6-4-14)41(30,31)32)8-1-10-40(28,29)11-9-39-43(36,37)38;11-9-7(21(17,18)19)2-4-1-5(20(14,15)16)3-6(13)8(4)10(9)12/h2-7,12H,1,8-11,22H2,(H,30,31,32)(H,33,34,35)(H,36,37,38)(H,23,24,25,26);1-3,13H,11-12H2,(H,14,15,16)(H,17,18,19). The molecular formula is C30H33FN8O19S6. The number of phenols is 1. The first kappa shape index (κ1) is 51.0. The third kappa shape index (κ3) is 13.7. The molecule has 13 N–H and O–H groups in total. The van der Waals surface area contributed by atoms with Gasteiger partial charge >= 0.3 is 16.5 Å². The topological polar surface area (TPSA) is 467 Å². The predicted octanol–water partition coefficient (Wildman–Crippen LogP) is 0.796. The average molecular weight is 1020 g/mol. The highest BCUT2D eigenvalue weighted by atomic mass is 32.3. The second kappa shape index (κ2) is 18.8. The van der Waals surface area contributed by atoms with Gasteiger partial charge in [-0.15, -0.1) is 0 Å². The first-order valence-corrected chi connectivity index (χ1v) is 25.6. The van der Waals surface area contributed by atoms with Crippen molar-refractivity contribution >= 4 is 112 Å². The average Bonchev–Trinajstić information content (AvgIpc) is 3.13. The largest absolute Gasteiger partial charge is 0.507 e. The molecule has 0 fully saturated rings. The molecule has 350 valence electrons. The molecule has 0 atom stereocenters. The fourth-order valence-electron chi connectivity index (χ4n) is 5.31. The number of benzene rings is 4. The molecule has 4 aromatic carbocycles. The summed E-state index contributed by atoms with van der Waals surface area (Å²) in [6, 6.07) is 10.2. The molecule has 0 spiro atoms. The minimum Gasteiger partial charge on any atom is -0.507 e. The number of nitrogens with zero attached hydrogens (tertiary/aromatic N) is 4. The van der Waals surface area contributed by atoms with Crippen molar-refractivity contribution in [1.29, 1.82) is 0 Å². The van der Waals surface area contributed by atoms with Gasteiger partial charge in [-0.2, -0.15) is 61.4 Å². The molecule has 0 radical (unpaired) electrons. The van der Waals surface area contributed by atoms with Crippen LogP contribution in [-0.2, 0) is 64.9 Å². The first-order valence-electron chi connectivity index (χ1n) is 16.7. The summed E-state index contributed by atoms with van der Waals surface area (Å²) in [5, 5.41) is 12.1. The van der Waals surface area contributed by atoms with Crippen molar-refractivity contribution in [1.82, 2.24) is 15.0 Å². The van der Waals surface area contributed by atoms with Crippen LogP contribution in [-0.4, -0.2) is 118 Å². The second-order valence-electron chi connectivity index (χ2n) is 12.6. The Kier molecular flexibility index (Phi) is 15.0. The Morgan fingerprint density at radius 2 is 1.25 bits per heavy atom. The molecule has 5 rings (SSSR count). The van der Waals surface area contributed by atoms with E-state index in [1.807, 2.05) is 0 Å². The number of halogens is 1. The van der Waals surface area contributed by atoms with Crippen molar-refractivity contribution in [3.05, 3.63) is 66.7 Å². The van der Waals surface area contributed by atoms with Crippen LogP contribution in [0, 0.1) is 6.08 Å². The van der Waals surface area contributed by atoms with Gasteiger partial charge in [-0.25, -0.2) is 12.6 Å². The van der Waals surface area contributed by atoms with Crippen LogP contribution in [0.5, 0.6) is 5.75 Å². The number of hydrogen-bond acceptors (Lipinski definition) is 22. The maximum Gasteiger partial charge on any atom is 0.397 e. The van der Waals surface area contributed by atoms with Crippen LogP contribution in [0.1, 0.15) is 6.42 Å². The number of aromatic hydroxyl groups is 1. The van der Waals surface area contributed by atoms with Crippen molar-refractivity contribution in [3.63, 3.8) is 0 Å². The molecule has 64 heavy (non-hydrogen) atoms. The number of sulfone groups is 1. The van der Waals surface area contributed by atoms with E-state index in [0.29, 0.717) is 0 Å². The molecule has 1 heterocycles. The molecule has 0 aliphatic heterocycles. The van der Waals surface area contributed by atoms with E-state index < -0.39 is 128 Å². The van der Waals surface area contributed by atoms with Crippen LogP contribution in [0.3, 0.4) is 0 Å². The Morgan fingerprint density at radius 3 is 1.80 bits per heavy atom. The summed E-state index contributed by atoms with van der Waals surface area (Å²) in [5.74, 6) is -2.83. The van der Waals surface area contributed by atoms with Crippen molar-refractivity contribution < 1.29 is 87.0 Å². The zero-order valence-corrected chi connectivity index (χ0v) is 36.5. The SMILES string of the molecule is Nc1c(S(=O)(=O)O)cc2cc(S(=O)(=O)O)cc(O)c2c1N.Nc1ccc(Nc2nc(F)nc(N(CCCS(=O)(=O)CCOS(=O)(=O)O)c3ccc(S(=O)(=O)O)cc3)n2)cc1S(=O)(=O)O. The lowest BCUT2D eigenvalue weighted by Gasteiger charge is -2.23. The van der Waals surface area contributed by atoms with Crippen LogP contribution < -0.4 is 27.4 Å². The first-order chi connectivity index (χ1) is 29.2. The van der Waals surface area contributed by atoms with Gasteiger partial charge in [-0.1, -0.05) is 0 Å². The van der Waals surface area contributed by atoms with Gasteiger partial charge in [-0.05, 0) is 66.4 Å². The number of nitrogen functional groups attached to an aromatic ring is 3. The lowest BCUT2D eigenvalue weighted by atomic mass is 10.1. The maximum atomic E-state index is 14.5. The third-order valence-corrected chi connectivity index (χ3v) is 13.8. The van der Waals surface area contributed by atoms with Gasteiger partial charge in [0.15, 0.2) is 9.84 Å². The molecule has 0 aliphatic rings. The minimum absolute atomic E-state index is 0.0411. The summed E-state index contributed by atoms with van der Waals surface area (Å²) in [7, 11) is -27.4. The molecule has 0 bridgehead atoms. The summed E-state index contributed by atoms with van der Waals surface area (Å²) in [4.78, 5) is 9.75. The quantitative estimate of drug-likeness (QED) is 0.0482. The maximum absolute atomic E-state index is 14.5. The number of phenolic OH excluding ortho intramolecular Hbond substituents is 1.